The second kappa shape index (κ2) is 3.09. The molecule has 4 N–H and O–H groups in total. The van der Waals surface area contributed by atoms with Gasteiger partial charge in [0.25, 0.3) is 0 Å². The molecule has 0 aromatic carbocycles. The molecule has 15 heavy (non-hydrogen) atoms. The predicted molar refractivity (Wildman–Crippen MR) is 56.7 cm³/mol. The van der Waals surface area contributed by atoms with Crippen LogP contribution in [0.5, 0.6) is 0 Å². The van der Waals surface area contributed by atoms with Gasteiger partial charge in [0.05, 0.1) is 5.71 Å². The molecule has 6 nitrogen and oxygen atoms in total. The number of rotatable bonds is 0. The van der Waals surface area contributed by atoms with Gasteiger partial charge in [-0.05, 0) is 6.08 Å². The van der Waals surface area contributed by atoms with Gasteiger partial charge in [-0.3, -0.25) is 15.2 Å². The summed E-state index contributed by atoms with van der Waals surface area (Å²) in [4.78, 5) is 0. The summed E-state index contributed by atoms with van der Waals surface area (Å²) >= 11 is 0. The van der Waals surface area contributed by atoms with Crippen LogP contribution >= 0.6 is 0 Å². The maximum Gasteiger partial charge on any atom is 0.168 e. The lowest BCUT2D eigenvalue weighted by atomic mass is 10.1. The number of hydrazone groups is 1. The molecule has 0 radical (unpaired) electrons. The van der Waals surface area contributed by atoms with E-state index in [0.29, 0.717) is 0 Å². The summed E-state index contributed by atoms with van der Waals surface area (Å²) in [5, 5.41) is 12.3. The highest BCUT2D eigenvalue weighted by atomic mass is 16.6. The Labute approximate surface area is 84.7 Å². The van der Waals surface area contributed by atoms with E-state index in [1.807, 2.05) is 30.4 Å². The van der Waals surface area contributed by atoms with Gasteiger partial charge in [0.15, 0.2) is 5.82 Å². The molecule has 0 fully saturated rings. The van der Waals surface area contributed by atoms with E-state index in [-0.39, 0.29) is 0 Å². The van der Waals surface area contributed by atoms with Crippen LogP contribution in [-0.4, -0.2) is 21.2 Å². The fraction of sp³-hybridized carbons (Fsp3) is 0. The third kappa shape index (κ3) is 1.23. The van der Waals surface area contributed by atoms with Gasteiger partial charge in [0, 0.05) is 5.57 Å². The van der Waals surface area contributed by atoms with Crippen molar-refractivity contribution < 1.29 is 4.63 Å². The zero-order valence-corrected chi connectivity index (χ0v) is 7.74. The molecule has 0 unspecified atom stereocenters. The molecular formula is C9H9N5O. The Hall–Kier alpha value is -2.37. The monoisotopic (exact) mass is 203 g/mol. The molecule has 6 heteroatoms. The Morgan fingerprint density at radius 3 is 3.20 bits per heavy atom. The van der Waals surface area contributed by atoms with E-state index >= 15 is 0 Å². The highest BCUT2D eigenvalue weighted by Crippen LogP contribution is 2.25. The minimum atomic E-state index is 0.736. The van der Waals surface area contributed by atoms with Crippen LogP contribution in [0.1, 0.15) is 5.69 Å². The first-order valence-corrected chi connectivity index (χ1v) is 4.52. The third-order valence-corrected chi connectivity index (χ3v) is 2.20. The van der Waals surface area contributed by atoms with E-state index < -0.39 is 0 Å². The van der Waals surface area contributed by atoms with Gasteiger partial charge in [0.1, 0.15) is 5.69 Å². The van der Waals surface area contributed by atoms with Crippen molar-refractivity contribution in [2.75, 3.05) is 5.43 Å². The predicted octanol–water partition coefficient (Wildman–Crippen LogP) is 1.68. The van der Waals surface area contributed by atoms with Crippen molar-refractivity contribution in [3.8, 4) is 0 Å². The fourth-order valence-corrected chi connectivity index (χ4v) is 1.50. The van der Waals surface area contributed by atoms with Crippen molar-refractivity contribution in [3.63, 3.8) is 0 Å². The van der Waals surface area contributed by atoms with E-state index in [1.165, 1.54) is 0 Å². The standard InChI is InChI=1S/C9H9N5O/c1-2-4-6-7(5-3-1)10-11-9-8(6)13-15-14-12-9/h1-5,11-14H. The van der Waals surface area contributed by atoms with Gasteiger partial charge in [-0.1, -0.05) is 24.3 Å². The van der Waals surface area contributed by atoms with Crippen molar-refractivity contribution in [1.29, 1.82) is 0 Å². The fourth-order valence-electron chi connectivity index (χ4n) is 1.50. The Balaban J connectivity index is 2.22. The van der Waals surface area contributed by atoms with Gasteiger partial charge >= 0.3 is 0 Å². The number of nitrogens with one attached hydrogen (secondary N) is 4. The minimum Gasteiger partial charge on any atom is -0.281 e. The van der Waals surface area contributed by atoms with Crippen LogP contribution in [0.2, 0.25) is 0 Å². The van der Waals surface area contributed by atoms with Crippen molar-refractivity contribution in [3.05, 3.63) is 36.1 Å². The van der Waals surface area contributed by atoms with Crippen LogP contribution in [-0.2, 0) is 0 Å². The lowest BCUT2D eigenvalue weighted by Gasteiger charge is -2.16. The first kappa shape index (κ1) is 7.98. The average molecular weight is 203 g/mol. The van der Waals surface area contributed by atoms with Gasteiger partial charge in [-0.15, -0.1) is 5.27 Å². The Kier molecular flexibility index (Phi) is 1.64. The number of allylic oxidation sites excluding steroid dienone is 6. The molecule has 2 aliphatic rings. The van der Waals surface area contributed by atoms with Gasteiger partial charge < -0.3 is 0 Å². The van der Waals surface area contributed by atoms with E-state index in [0.717, 1.165) is 22.8 Å². The van der Waals surface area contributed by atoms with Gasteiger partial charge in [-0.2, -0.15) is 10.3 Å². The highest BCUT2D eigenvalue weighted by molar-refractivity contribution is 6.31. The highest BCUT2D eigenvalue weighted by Gasteiger charge is 2.18. The van der Waals surface area contributed by atoms with Gasteiger partial charge in [-0.25, -0.2) is 0 Å². The zero-order chi connectivity index (χ0) is 10.1. The molecule has 0 saturated carbocycles. The number of anilines is 1. The summed E-state index contributed by atoms with van der Waals surface area (Å²) in [5.41, 5.74) is 5.54. The van der Waals surface area contributed by atoms with Crippen LogP contribution in [0.3, 0.4) is 0 Å². The molecule has 0 atom stereocenters. The molecule has 0 amide bonds. The Morgan fingerprint density at radius 1 is 1.20 bits per heavy atom. The largest absolute Gasteiger partial charge is 0.281 e. The second-order valence-electron chi connectivity index (χ2n) is 3.11. The zero-order valence-electron chi connectivity index (χ0n) is 7.74. The molecule has 3 rings (SSSR count). The van der Waals surface area contributed by atoms with Crippen molar-refractivity contribution in [2.24, 2.45) is 5.10 Å². The van der Waals surface area contributed by atoms with E-state index in [9.17, 15) is 0 Å². The first-order chi connectivity index (χ1) is 7.45. The van der Waals surface area contributed by atoms with E-state index in [2.05, 4.69) is 26.1 Å². The van der Waals surface area contributed by atoms with Crippen LogP contribution in [0.15, 0.2) is 40.1 Å². The summed E-state index contributed by atoms with van der Waals surface area (Å²) in [7, 11) is 0. The van der Waals surface area contributed by atoms with E-state index in [1.54, 1.807) is 0 Å². The number of aromatic amines is 3. The third-order valence-electron chi connectivity index (χ3n) is 2.20. The van der Waals surface area contributed by atoms with Crippen molar-refractivity contribution in [1.82, 2.24) is 15.5 Å². The first-order valence-electron chi connectivity index (χ1n) is 4.52. The quantitative estimate of drug-likeness (QED) is 0.517. The van der Waals surface area contributed by atoms with E-state index in [4.69, 9.17) is 4.63 Å². The number of fused-ring (bicyclic) bond motifs is 3. The average Bonchev–Trinajstić information content (AvgIpc) is 2.54. The number of hydrogen-bond donors (Lipinski definition) is 4. The summed E-state index contributed by atoms with van der Waals surface area (Å²) in [6.07, 6.45) is 9.73. The molecule has 76 valence electrons. The molecule has 1 aliphatic carbocycles. The van der Waals surface area contributed by atoms with Crippen LogP contribution in [0, 0.1) is 0 Å². The molecule has 1 aliphatic heterocycles. The summed E-state index contributed by atoms with van der Waals surface area (Å²) < 4.78 is 4.88. The molecule has 2 heterocycles. The molecule has 1 aromatic rings. The number of aromatic nitrogens is 3. The molecule has 1 aromatic heterocycles. The second-order valence-corrected chi connectivity index (χ2v) is 3.11. The summed E-state index contributed by atoms with van der Waals surface area (Å²) in [6, 6.07) is 0. The lowest BCUT2D eigenvalue weighted by molar-refractivity contribution is 0.252. The molecule has 0 spiro atoms. The maximum absolute atomic E-state index is 4.88. The van der Waals surface area contributed by atoms with Crippen LogP contribution < -0.4 is 5.43 Å². The number of hydrogen-bond acceptors (Lipinski definition) is 3. The van der Waals surface area contributed by atoms with Crippen LogP contribution in [0.25, 0.3) is 5.57 Å². The maximum atomic E-state index is 4.88. The Morgan fingerprint density at radius 2 is 2.20 bits per heavy atom. The van der Waals surface area contributed by atoms with Crippen molar-refractivity contribution in [2.45, 2.75) is 0 Å². The number of nitrogens with zero attached hydrogens (tertiary/aromatic N) is 1. The van der Waals surface area contributed by atoms with Crippen LogP contribution in [0.4, 0.5) is 5.82 Å². The smallest absolute Gasteiger partial charge is 0.168 e. The SMILES string of the molecule is C1=CC=C2C(=NNc3[nH][nH]o[nH]c32)C=C1. The summed E-state index contributed by atoms with van der Waals surface area (Å²) in [5.74, 6) is 0.736. The van der Waals surface area contributed by atoms with Gasteiger partial charge in [0.2, 0.25) is 0 Å². The normalized spacial score (nSPS) is 16.8. The lowest BCUT2D eigenvalue weighted by Crippen LogP contribution is -2.14. The Bertz CT molecular complexity index is 529. The molecular weight excluding hydrogens is 194 g/mol. The summed E-state index contributed by atoms with van der Waals surface area (Å²) in [6.45, 7) is 0. The molecule has 0 saturated heterocycles. The minimum absolute atomic E-state index is 0.736. The topological polar surface area (TPSA) is 84.9 Å². The van der Waals surface area contributed by atoms with Crippen molar-refractivity contribution >= 4 is 17.1 Å². The number of H-pyrrole nitrogens is 3. The molecule has 0 bridgehead atoms.